The second-order valence-corrected chi connectivity index (χ2v) is 4.24. The van der Waals surface area contributed by atoms with Crippen LogP contribution in [-0.2, 0) is 0 Å². The molecule has 3 aromatic rings. The molecule has 0 spiro atoms. The van der Waals surface area contributed by atoms with Gasteiger partial charge >= 0.3 is 0 Å². The Morgan fingerprint density at radius 1 is 0.824 bits per heavy atom. The van der Waals surface area contributed by atoms with Crippen LogP contribution in [0, 0.1) is 0 Å². The monoisotopic (exact) mass is 238 g/mol. The van der Waals surface area contributed by atoms with Gasteiger partial charge in [-0.3, -0.25) is 0 Å². The zero-order valence-electron chi connectivity index (χ0n) is 9.04. The zero-order chi connectivity index (χ0) is 11.7. The van der Waals surface area contributed by atoms with Crippen LogP contribution in [0.1, 0.15) is 0 Å². The normalized spacial score (nSPS) is 10.6. The highest BCUT2D eigenvalue weighted by Crippen LogP contribution is 2.29. The van der Waals surface area contributed by atoms with Crippen molar-refractivity contribution in [3.63, 3.8) is 0 Å². The van der Waals surface area contributed by atoms with Crippen LogP contribution in [0.2, 0.25) is 0 Å². The van der Waals surface area contributed by atoms with Crippen LogP contribution in [-0.4, -0.2) is 9.97 Å². The minimum Gasteiger partial charge on any atom is -0.236 e. The van der Waals surface area contributed by atoms with Gasteiger partial charge in [0.1, 0.15) is 6.33 Å². The van der Waals surface area contributed by atoms with Crippen molar-refractivity contribution in [2.24, 2.45) is 0 Å². The number of fused-ring (bicyclic) bond motifs is 1. The molecule has 2 aromatic carbocycles. The summed E-state index contributed by atoms with van der Waals surface area (Å²) in [5.74, 6) is 0. The highest BCUT2D eigenvalue weighted by atomic mass is 32.1. The summed E-state index contributed by atoms with van der Waals surface area (Å²) in [6.07, 6.45) is 1.60. The van der Waals surface area contributed by atoms with Gasteiger partial charge in [0, 0.05) is 15.8 Å². The van der Waals surface area contributed by atoms with E-state index in [0.29, 0.717) is 0 Å². The Hall–Kier alpha value is -1.87. The number of thiol groups is 1. The van der Waals surface area contributed by atoms with Crippen LogP contribution in [0.4, 0.5) is 0 Å². The lowest BCUT2D eigenvalue weighted by Gasteiger charge is -2.06. The van der Waals surface area contributed by atoms with Gasteiger partial charge in [-0.25, -0.2) is 9.97 Å². The van der Waals surface area contributed by atoms with Gasteiger partial charge in [0.2, 0.25) is 0 Å². The molecule has 0 fully saturated rings. The summed E-state index contributed by atoms with van der Waals surface area (Å²) in [6, 6.07) is 15.9. The van der Waals surface area contributed by atoms with Crippen molar-refractivity contribution in [2.75, 3.05) is 0 Å². The molecule has 1 heterocycles. The molecule has 2 nitrogen and oxygen atoms in total. The summed E-state index contributed by atoms with van der Waals surface area (Å²) in [6.45, 7) is 0. The highest BCUT2D eigenvalue weighted by molar-refractivity contribution is 7.80. The lowest BCUT2D eigenvalue weighted by atomic mass is 10.1. The third-order valence-electron chi connectivity index (χ3n) is 2.70. The summed E-state index contributed by atoms with van der Waals surface area (Å²) in [4.78, 5) is 9.57. The molecule has 0 bridgehead atoms. The van der Waals surface area contributed by atoms with Crippen LogP contribution in [0.3, 0.4) is 0 Å². The van der Waals surface area contributed by atoms with Gasteiger partial charge in [0.15, 0.2) is 0 Å². The first-order chi connectivity index (χ1) is 8.36. The zero-order valence-corrected chi connectivity index (χ0v) is 9.93. The molecule has 0 radical (unpaired) electrons. The van der Waals surface area contributed by atoms with Crippen molar-refractivity contribution in [2.45, 2.75) is 4.90 Å². The Bertz CT molecular complexity index is 674. The van der Waals surface area contributed by atoms with Gasteiger partial charge in [-0.1, -0.05) is 36.4 Å². The predicted molar refractivity (Wildman–Crippen MR) is 72.2 cm³/mol. The second kappa shape index (κ2) is 4.18. The van der Waals surface area contributed by atoms with Crippen molar-refractivity contribution in [3.05, 3.63) is 54.9 Å². The lowest BCUT2D eigenvalue weighted by Crippen LogP contribution is -1.89. The van der Waals surface area contributed by atoms with E-state index in [1.807, 2.05) is 48.5 Å². The standard InChI is InChI=1S/C14H10N2S/c17-13-8-4-2-6-11(13)14-10-5-1-3-7-12(10)15-9-16-14/h1-9,17H. The second-order valence-electron chi connectivity index (χ2n) is 3.76. The summed E-state index contributed by atoms with van der Waals surface area (Å²) in [5.41, 5.74) is 2.92. The van der Waals surface area contributed by atoms with Gasteiger partial charge in [0.05, 0.1) is 11.2 Å². The topological polar surface area (TPSA) is 25.8 Å². The molecule has 82 valence electrons. The van der Waals surface area contributed by atoms with E-state index < -0.39 is 0 Å². The summed E-state index contributed by atoms with van der Waals surface area (Å²) < 4.78 is 0. The van der Waals surface area contributed by atoms with Crippen molar-refractivity contribution < 1.29 is 0 Å². The molecule has 1 aromatic heterocycles. The van der Waals surface area contributed by atoms with Crippen molar-refractivity contribution in [1.82, 2.24) is 9.97 Å². The molecule has 0 unspecified atom stereocenters. The number of aromatic nitrogens is 2. The molecule has 0 atom stereocenters. The van der Waals surface area contributed by atoms with Crippen molar-refractivity contribution in [3.8, 4) is 11.3 Å². The fraction of sp³-hybridized carbons (Fsp3) is 0. The Labute approximate surface area is 105 Å². The van der Waals surface area contributed by atoms with E-state index >= 15 is 0 Å². The number of nitrogens with zero attached hydrogens (tertiary/aromatic N) is 2. The third-order valence-corrected chi connectivity index (χ3v) is 3.09. The molecule has 3 rings (SSSR count). The maximum atomic E-state index is 4.47. The third kappa shape index (κ3) is 1.78. The van der Waals surface area contributed by atoms with Crippen LogP contribution < -0.4 is 0 Å². The van der Waals surface area contributed by atoms with Gasteiger partial charge in [-0.15, -0.1) is 12.6 Å². The quantitative estimate of drug-likeness (QED) is 0.656. The van der Waals surface area contributed by atoms with Gasteiger partial charge in [-0.2, -0.15) is 0 Å². The Kier molecular flexibility index (Phi) is 2.53. The summed E-state index contributed by atoms with van der Waals surface area (Å²) >= 11 is 4.47. The molecule has 0 amide bonds. The Balaban J connectivity index is 2.35. The molecule has 17 heavy (non-hydrogen) atoms. The number of rotatable bonds is 1. The van der Waals surface area contributed by atoms with Crippen molar-refractivity contribution >= 4 is 23.5 Å². The minimum absolute atomic E-state index is 0.927. The first-order valence-electron chi connectivity index (χ1n) is 5.34. The lowest BCUT2D eigenvalue weighted by molar-refractivity contribution is 1.21. The molecule has 0 saturated heterocycles. The molecule has 0 aliphatic carbocycles. The number of hydrogen-bond donors (Lipinski definition) is 1. The highest BCUT2D eigenvalue weighted by Gasteiger charge is 2.07. The fourth-order valence-corrected chi connectivity index (χ4v) is 2.16. The van der Waals surface area contributed by atoms with Gasteiger partial charge < -0.3 is 0 Å². The predicted octanol–water partition coefficient (Wildman–Crippen LogP) is 3.59. The number of hydrogen-bond acceptors (Lipinski definition) is 3. The van der Waals surface area contributed by atoms with E-state index in [0.717, 1.165) is 27.1 Å². The summed E-state index contributed by atoms with van der Waals surface area (Å²) in [7, 11) is 0. The van der Waals surface area contributed by atoms with Crippen LogP contribution in [0.25, 0.3) is 22.2 Å². The SMILES string of the molecule is Sc1ccccc1-c1ncnc2ccccc12. The molecular formula is C14H10N2S. The first-order valence-corrected chi connectivity index (χ1v) is 5.79. The minimum atomic E-state index is 0.927. The smallest absolute Gasteiger partial charge is 0.116 e. The molecular weight excluding hydrogens is 228 g/mol. The van der Waals surface area contributed by atoms with Gasteiger partial charge in [0.25, 0.3) is 0 Å². The average molecular weight is 238 g/mol. The van der Waals surface area contributed by atoms with E-state index in [1.165, 1.54) is 0 Å². The van der Waals surface area contributed by atoms with Crippen LogP contribution in [0.5, 0.6) is 0 Å². The molecule has 0 saturated carbocycles. The van der Waals surface area contributed by atoms with Crippen LogP contribution in [0.15, 0.2) is 59.8 Å². The van der Waals surface area contributed by atoms with E-state index in [4.69, 9.17) is 0 Å². The van der Waals surface area contributed by atoms with Crippen LogP contribution >= 0.6 is 12.6 Å². The first kappa shape index (κ1) is 10.3. The largest absolute Gasteiger partial charge is 0.236 e. The molecule has 0 aliphatic rings. The molecule has 3 heteroatoms. The number of para-hydroxylation sites is 1. The maximum Gasteiger partial charge on any atom is 0.116 e. The Morgan fingerprint density at radius 3 is 2.47 bits per heavy atom. The van der Waals surface area contributed by atoms with E-state index in [2.05, 4.69) is 22.6 Å². The average Bonchev–Trinajstić information content (AvgIpc) is 2.39. The Morgan fingerprint density at radius 2 is 1.59 bits per heavy atom. The van der Waals surface area contributed by atoms with E-state index in [9.17, 15) is 0 Å². The van der Waals surface area contributed by atoms with E-state index in [-0.39, 0.29) is 0 Å². The van der Waals surface area contributed by atoms with Gasteiger partial charge in [-0.05, 0) is 12.1 Å². The number of benzene rings is 2. The summed E-state index contributed by atoms with van der Waals surface area (Å²) in [5, 5.41) is 1.05. The van der Waals surface area contributed by atoms with E-state index in [1.54, 1.807) is 6.33 Å². The molecule has 0 aliphatic heterocycles. The fourth-order valence-electron chi connectivity index (χ4n) is 1.89. The maximum absolute atomic E-state index is 4.47. The van der Waals surface area contributed by atoms with Crippen molar-refractivity contribution in [1.29, 1.82) is 0 Å². The molecule has 0 N–H and O–H groups in total.